The summed E-state index contributed by atoms with van der Waals surface area (Å²) in [5.74, 6) is 0. The Bertz CT molecular complexity index is 3330. The fourth-order valence-electron chi connectivity index (χ4n) is 8.98. The number of rotatable bonds is 8. The number of fused-ring (bicyclic) bond motifs is 4. The van der Waals surface area contributed by atoms with Gasteiger partial charge in [-0.15, -0.1) is 0 Å². The predicted molar refractivity (Wildman–Crippen MR) is 261 cm³/mol. The highest BCUT2D eigenvalue weighted by Crippen LogP contribution is 2.43. The highest BCUT2D eigenvalue weighted by Gasteiger charge is 2.18. The number of nitrogens with zero attached hydrogens (tertiary/aromatic N) is 1. The molecule has 0 bridgehead atoms. The van der Waals surface area contributed by atoms with Crippen molar-refractivity contribution >= 4 is 49.4 Å². The molecule has 0 aliphatic heterocycles. The molecule has 0 aliphatic carbocycles. The minimum atomic E-state index is 1.09. The molecule has 0 heterocycles. The van der Waals surface area contributed by atoms with Gasteiger partial charge < -0.3 is 4.90 Å². The summed E-state index contributed by atoms with van der Waals surface area (Å²) in [6.45, 7) is 0. The fraction of sp³-hybridized carbons (Fsp3) is 0. The first-order valence-electron chi connectivity index (χ1n) is 21.0. The van der Waals surface area contributed by atoms with Crippen LogP contribution in [0.5, 0.6) is 0 Å². The van der Waals surface area contributed by atoms with E-state index in [0.717, 1.165) is 17.1 Å². The van der Waals surface area contributed by atoms with E-state index in [1.165, 1.54) is 88.0 Å². The smallest absolute Gasteiger partial charge is 0.0468 e. The Hall–Kier alpha value is -8.00. The third-order valence-electron chi connectivity index (χ3n) is 12.0. The molecule has 0 atom stereocenters. The molecule has 11 aromatic carbocycles. The van der Waals surface area contributed by atoms with E-state index in [1.54, 1.807) is 0 Å². The largest absolute Gasteiger partial charge is 0.310 e. The highest BCUT2D eigenvalue weighted by molar-refractivity contribution is 6.13. The number of hydrogen-bond acceptors (Lipinski definition) is 1. The van der Waals surface area contributed by atoms with Crippen LogP contribution in [0, 0.1) is 0 Å². The summed E-state index contributed by atoms with van der Waals surface area (Å²) in [5.41, 5.74) is 15.2. The molecule has 0 aliphatic rings. The van der Waals surface area contributed by atoms with Crippen LogP contribution in [0.4, 0.5) is 17.1 Å². The van der Waals surface area contributed by atoms with E-state index < -0.39 is 0 Å². The summed E-state index contributed by atoms with van der Waals surface area (Å²) in [7, 11) is 0. The Morgan fingerprint density at radius 2 is 0.689 bits per heavy atom. The van der Waals surface area contributed by atoms with Gasteiger partial charge in [0, 0.05) is 17.1 Å². The van der Waals surface area contributed by atoms with Crippen LogP contribution in [0.2, 0.25) is 0 Å². The van der Waals surface area contributed by atoms with Crippen molar-refractivity contribution < 1.29 is 0 Å². The average molecular weight is 776 g/mol. The van der Waals surface area contributed by atoms with E-state index in [-0.39, 0.29) is 0 Å². The number of hydrogen-bond donors (Lipinski definition) is 0. The van der Waals surface area contributed by atoms with Crippen LogP contribution in [-0.2, 0) is 0 Å². The maximum absolute atomic E-state index is 2.39. The summed E-state index contributed by atoms with van der Waals surface area (Å²) in [6, 6.07) is 90.5. The van der Waals surface area contributed by atoms with Gasteiger partial charge in [-0.1, -0.05) is 194 Å². The van der Waals surface area contributed by atoms with Crippen LogP contribution in [0.1, 0.15) is 0 Å². The highest BCUT2D eigenvalue weighted by atomic mass is 15.1. The monoisotopic (exact) mass is 775 g/mol. The van der Waals surface area contributed by atoms with Crippen molar-refractivity contribution in [3.63, 3.8) is 0 Å². The first-order valence-corrected chi connectivity index (χ1v) is 21.0. The standard InChI is InChI=1S/C60H41N/c1-3-14-42(15-4-1)48-21-13-22-50(39-48)56-37-36-54(41-60(56)45-17-5-2-6-18-45)61(52-32-28-44(29-33-52)49-27-26-43-16-7-8-19-47(43)38-49)53-34-30-46(31-35-53)59-40-51-20-9-10-23-55(51)57-24-11-12-25-58(57)59/h1-41H. The minimum Gasteiger partial charge on any atom is -0.310 e. The molecule has 0 fully saturated rings. The molecule has 1 nitrogen and oxygen atoms in total. The summed E-state index contributed by atoms with van der Waals surface area (Å²) >= 11 is 0. The molecule has 0 N–H and O–H groups in total. The van der Waals surface area contributed by atoms with Gasteiger partial charge in [-0.05, 0) is 143 Å². The maximum Gasteiger partial charge on any atom is 0.0468 e. The molecule has 0 spiro atoms. The van der Waals surface area contributed by atoms with Crippen molar-refractivity contribution in [3.8, 4) is 55.6 Å². The Balaban J connectivity index is 1.05. The van der Waals surface area contributed by atoms with Gasteiger partial charge in [-0.2, -0.15) is 0 Å². The lowest BCUT2D eigenvalue weighted by molar-refractivity contribution is 1.28. The molecule has 11 rings (SSSR count). The van der Waals surface area contributed by atoms with Crippen molar-refractivity contribution in [2.24, 2.45) is 0 Å². The zero-order valence-corrected chi connectivity index (χ0v) is 33.6. The van der Waals surface area contributed by atoms with Gasteiger partial charge in [0.15, 0.2) is 0 Å². The normalized spacial score (nSPS) is 11.3. The molecular weight excluding hydrogens is 735 g/mol. The lowest BCUT2D eigenvalue weighted by atomic mass is 9.91. The van der Waals surface area contributed by atoms with E-state index >= 15 is 0 Å². The zero-order valence-electron chi connectivity index (χ0n) is 33.6. The van der Waals surface area contributed by atoms with Crippen molar-refractivity contribution in [2.75, 3.05) is 4.90 Å². The Kier molecular flexibility index (Phi) is 9.26. The Morgan fingerprint density at radius 1 is 0.197 bits per heavy atom. The topological polar surface area (TPSA) is 3.24 Å². The van der Waals surface area contributed by atoms with Gasteiger partial charge in [0.05, 0.1) is 0 Å². The van der Waals surface area contributed by atoms with Crippen LogP contribution >= 0.6 is 0 Å². The van der Waals surface area contributed by atoms with E-state index in [9.17, 15) is 0 Å². The number of benzene rings is 11. The third kappa shape index (κ3) is 6.93. The van der Waals surface area contributed by atoms with Gasteiger partial charge in [-0.25, -0.2) is 0 Å². The van der Waals surface area contributed by atoms with Gasteiger partial charge >= 0.3 is 0 Å². The second kappa shape index (κ2) is 15.6. The van der Waals surface area contributed by atoms with Crippen molar-refractivity contribution in [1.29, 1.82) is 0 Å². The van der Waals surface area contributed by atoms with Crippen LogP contribution < -0.4 is 4.90 Å². The Labute approximate surface area is 357 Å². The van der Waals surface area contributed by atoms with Crippen LogP contribution in [0.15, 0.2) is 249 Å². The molecule has 61 heavy (non-hydrogen) atoms. The fourth-order valence-corrected chi connectivity index (χ4v) is 8.98. The molecule has 0 radical (unpaired) electrons. The van der Waals surface area contributed by atoms with Crippen molar-refractivity contribution in [2.45, 2.75) is 0 Å². The molecular formula is C60H41N. The molecule has 11 aromatic rings. The van der Waals surface area contributed by atoms with Gasteiger partial charge in [0.2, 0.25) is 0 Å². The molecule has 0 unspecified atom stereocenters. The minimum absolute atomic E-state index is 1.09. The average Bonchev–Trinajstić information content (AvgIpc) is 3.35. The summed E-state index contributed by atoms with van der Waals surface area (Å²) in [6.07, 6.45) is 0. The van der Waals surface area contributed by atoms with Crippen LogP contribution in [0.3, 0.4) is 0 Å². The lowest BCUT2D eigenvalue weighted by Crippen LogP contribution is -2.10. The second-order valence-electron chi connectivity index (χ2n) is 15.7. The first-order chi connectivity index (χ1) is 30.2. The van der Waals surface area contributed by atoms with E-state index in [0.29, 0.717) is 0 Å². The molecule has 0 aromatic heterocycles. The molecule has 0 saturated carbocycles. The molecule has 1 heteroatoms. The maximum atomic E-state index is 2.39. The van der Waals surface area contributed by atoms with Crippen LogP contribution in [0.25, 0.3) is 88.0 Å². The summed E-state index contributed by atoms with van der Waals surface area (Å²) in [5, 5.41) is 7.55. The number of anilines is 3. The summed E-state index contributed by atoms with van der Waals surface area (Å²) in [4.78, 5) is 2.39. The predicted octanol–water partition coefficient (Wildman–Crippen LogP) is 17.0. The van der Waals surface area contributed by atoms with Crippen LogP contribution in [-0.4, -0.2) is 0 Å². The molecule has 0 amide bonds. The Morgan fingerprint density at radius 3 is 1.43 bits per heavy atom. The van der Waals surface area contributed by atoms with Crippen molar-refractivity contribution in [3.05, 3.63) is 249 Å². The molecule has 0 saturated heterocycles. The van der Waals surface area contributed by atoms with E-state index in [1.807, 2.05) is 0 Å². The van der Waals surface area contributed by atoms with E-state index in [2.05, 4.69) is 254 Å². The van der Waals surface area contributed by atoms with E-state index in [4.69, 9.17) is 0 Å². The lowest BCUT2D eigenvalue weighted by Gasteiger charge is -2.27. The first kappa shape index (κ1) is 36.1. The SMILES string of the molecule is c1ccc(-c2cccc(-c3ccc(N(c4ccc(-c5ccc6ccccc6c5)cc4)c4ccc(-c5cc6ccccc6c6ccccc56)cc4)cc3-c3ccccc3)c2)cc1. The van der Waals surface area contributed by atoms with Gasteiger partial charge in [0.25, 0.3) is 0 Å². The summed E-state index contributed by atoms with van der Waals surface area (Å²) < 4.78 is 0. The molecule has 286 valence electrons. The zero-order chi connectivity index (χ0) is 40.5. The van der Waals surface area contributed by atoms with Gasteiger partial charge in [-0.3, -0.25) is 0 Å². The van der Waals surface area contributed by atoms with Crippen molar-refractivity contribution in [1.82, 2.24) is 0 Å². The third-order valence-corrected chi connectivity index (χ3v) is 12.0. The second-order valence-corrected chi connectivity index (χ2v) is 15.7. The quantitative estimate of drug-likeness (QED) is 0.139. The van der Waals surface area contributed by atoms with Gasteiger partial charge in [0.1, 0.15) is 0 Å².